The number of hydrogen-bond acceptors (Lipinski definition) is 3. The Balaban J connectivity index is 1.73. The zero-order chi connectivity index (χ0) is 19.3. The van der Waals surface area contributed by atoms with Crippen LogP contribution in [0.3, 0.4) is 0 Å². The summed E-state index contributed by atoms with van der Waals surface area (Å²) in [4.78, 5) is 14.3. The molecule has 1 fully saturated rings. The van der Waals surface area contributed by atoms with Gasteiger partial charge in [0, 0.05) is 27.3 Å². The quantitative estimate of drug-likeness (QED) is 0.691. The molecule has 1 aromatic rings. The Labute approximate surface area is 170 Å². The molecule has 0 unspecified atom stereocenters. The van der Waals surface area contributed by atoms with Crippen molar-refractivity contribution in [3.8, 4) is 0 Å². The number of rotatable bonds is 6. The number of hydrogen-bond donors (Lipinski definition) is 2. The summed E-state index contributed by atoms with van der Waals surface area (Å²) < 4.78 is 0.949. The number of benzene rings is 1. The Morgan fingerprint density at radius 2 is 1.96 bits per heavy atom. The summed E-state index contributed by atoms with van der Waals surface area (Å²) in [5.74, 6) is 0.699. The molecule has 4 nitrogen and oxygen atoms in total. The minimum Gasteiger partial charge on any atom is -0.385 e. The van der Waals surface area contributed by atoms with Gasteiger partial charge < -0.3 is 10.6 Å². The van der Waals surface area contributed by atoms with Crippen molar-refractivity contribution < 1.29 is 4.79 Å². The smallest absolute Gasteiger partial charge is 0.234 e. The second-order valence-electron chi connectivity index (χ2n) is 8.04. The van der Waals surface area contributed by atoms with Gasteiger partial charge in [-0.25, -0.2) is 0 Å². The van der Waals surface area contributed by atoms with E-state index in [0.29, 0.717) is 17.5 Å². The lowest BCUT2D eigenvalue weighted by molar-refractivity contribution is -0.124. The second-order valence-corrected chi connectivity index (χ2v) is 9.39. The highest BCUT2D eigenvalue weighted by Crippen LogP contribution is 2.23. The molecule has 0 bridgehead atoms. The van der Waals surface area contributed by atoms with E-state index >= 15 is 0 Å². The monoisotopic (exact) mass is 441 g/mol. The summed E-state index contributed by atoms with van der Waals surface area (Å²) in [6.07, 6.45) is 2.17. The van der Waals surface area contributed by atoms with Crippen molar-refractivity contribution in [2.24, 2.45) is 5.92 Å². The predicted molar refractivity (Wildman–Crippen MR) is 113 cm³/mol. The number of likely N-dealkylation sites (tertiary alicyclic amines) is 1. The highest BCUT2D eigenvalue weighted by molar-refractivity contribution is 9.10. The maximum absolute atomic E-state index is 12.0. The molecule has 0 radical (unpaired) electrons. The number of amides is 1. The first-order chi connectivity index (χ1) is 12.1. The van der Waals surface area contributed by atoms with E-state index < -0.39 is 0 Å². The first-order valence-electron chi connectivity index (χ1n) is 9.05. The van der Waals surface area contributed by atoms with Crippen LogP contribution in [0.5, 0.6) is 0 Å². The van der Waals surface area contributed by atoms with Gasteiger partial charge in [0.05, 0.1) is 6.54 Å². The normalized spacial score (nSPS) is 16.3. The third-order valence-electron chi connectivity index (χ3n) is 4.40. The molecule has 1 amide bonds. The predicted octanol–water partition coefficient (Wildman–Crippen LogP) is 4.29. The van der Waals surface area contributed by atoms with Crippen LogP contribution in [0.25, 0.3) is 5.70 Å². The van der Waals surface area contributed by atoms with Crippen LogP contribution in [-0.4, -0.2) is 42.5 Å². The van der Waals surface area contributed by atoms with Crippen molar-refractivity contribution in [2.45, 2.75) is 39.2 Å². The van der Waals surface area contributed by atoms with E-state index in [2.05, 4.69) is 38.0 Å². The third-order valence-corrected chi connectivity index (χ3v) is 5.08. The third kappa shape index (κ3) is 7.29. The summed E-state index contributed by atoms with van der Waals surface area (Å²) in [5.41, 5.74) is 1.72. The average Bonchev–Trinajstić information content (AvgIpc) is 2.51. The largest absolute Gasteiger partial charge is 0.385 e. The zero-order valence-corrected chi connectivity index (χ0v) is 18.2. The SMILES string of the molecule is C=C(NCC1CCN(CC(=O)NC(C)(C)C)CC1)c1cc(Cl)cc(Br)c1. The molecule has 6 heteroatoms. The lowest BCUT2D eigenvalue weighted by Gasteiger charge is -2.32. The molecule has 1 aliphatic heterocycles. The molecule has 0 atom stereocenters. The van der Waals surface area contributed by atoms with Gasteiger partial charge in [0.25, 0.3) is 0 Å². The first-order valence-corrected chi connectivity index (χ1v) is 10.2. The summed E-state index contributed by atoms with van der Waals surface area (Å²) in [6, 6.07) is 5.79. The lowest BCUT2D eigenvalue weighted by atomic mass is 9.96. The van der Waals surface area contributed by atoms with E-state index in [1.54, 1.807) is 0 Å². The molecule has 26 heavy (non-hydrogen) atoms. The van der Waals surface area contributed by atoms with E-state index in [1.165, 1.54) is 0 Å². The van der Waals surface area contributed by atoms with Gasteiger partial charge in [-0.15, -0.1) is 0 Å². The van der Waals surface area contributed by atoms with Gasteiger partial charge in [0.15, 0.2) is 0 Å². The molecule has 1 saturated heterocycles. The molecular weight excluding hydrogens is 414 g/mol. The molecule has 0 spiro atoms. The van der Waals surface area contributed by atoms with Gasteiger partial charge >= 0.3 is 0 Å². The first kappa shape index (κ1) is 21.3. The maximum Gasteiger partial charge on any atom is 0.234 e. The fourth-order valence-corrected chi connectivity index (χ4v) is 3.97. The molecule has 1 aliphatic rings. The zero-order valence-electron chi connectivity index (χ0n) is 15.9. The highest BCUT2D eigenvalue weighted by Gasteiger charge is 2.22. The summed E-state index contributed by atoms with van der Waals surface area (Å²) >= 11 is 9.57. The number of carbonyl (C=O) groups excluding carboxylic acids is 1. The maximum atomic E-state index is 12.0. The fraction of sp³-hybridized carbons (Fsp3) is 0.550. The van der Waals surface area contributed by atoms with Crippen molar-refractivity contribution >= 4 is 39.1 Å². The molecule has 1 aromatic carbocycles. The minimum absolute atomic E-state index is 0.106. The van der Waals surface area contributed by atoms with E-state index in [9.17, 15) is 4.79 Å². The molecule has 2 N–H and O–H groups in total. The van der Waals surface area contributed by atoms with E-state index in [4.69, 9.17) is 11.6 Å². The molecule has 0 aromatic heterocycles. The Morgan fingerprint density at radius 3 is 2.54 bits per heavy atom. The van der Waals surface area contributed by atoms with Crippen LogP contribution in [0.2, 0.25) is 5.02 Å². The van der Waals surface area contributed by atoms with Crippen LogP contribution in [0.1, 0.15) is 39.2 Å². The van der Waals surface area contributed by atoms with Crippen molar-refractivity contribution in [1.29, 1.82) is 0 Å². The average molecular weight is 443 g/mol. The Kier molecular flexibility index (Phi) is 7.56. The van der Waals surface area contributed by atoms with E-state index in [-0.39, 0.29) is 11.4 Å². The van der Waals surface area contributed by atoms with Crippen molar-refractivity contribution in [3.63, 3.8) is 0 Å². The number of carbonyl (C=O) groups is 1. The van der Waals surface area contributed by atoms with Crippen LogP contribution in [0.15, 0.2) is 29.3 Å². The van der Waals surface area contributed by atoms with Crippen molar-refractivity contribution in [1.82, 2.24) is 15.5 Å². The van der Waals surface area contributed by atoms with Crippen LogP contribution < -0.4 is 10.6 Å². The van der Waals surface area contributed by atoms with Gasteiger partial charge in [0.2, 0.25) is 5.91 Å². The highest BCUT2D eigenvalue weighted by atomic mass is 79.9. The second kappa shape index (κ2) is 9.25. The minimum atomic E-state index is -0.172. The molecule has 144 valence electrons. The summed E-state index contributed by atoms with van der Waals surface area (Å²) in [5, 5.41) is 7.16. The Morgan fingerprint density at radius 1 is 1.31 bits per heavy atom. The van der Waals surface area contributed by atoms with Gasteiger partial charge in [-0.2, -0.15) is 0 Å². The number of piperidine rings is 1. The standard InChI is InChI=1S/C20H29BrClN3O/c1-14(16-9-17(21)11-18(22)10-16)23-12-15-5-7-25(8-6-15)13-19(26)24-20(2,3)4/h9-11,15,23H,1,5-8,12-13H2,2-4H3,(H,24,26). The molecule has 0 saturated carbocycles. The number of nitrogens with one attached hydrogen (secondary N) is 2. The van der Waals surface area contributed by atoms with E-state index in [1.807, 2.05) is 39.0 Å². The summed E-state index contributed by atoms with van der Waals surface area (Å²) in [7, 11) is 0. The Bertz CT molecular complexity index is 629. The van der Waals surface area contributed by atoms with Gasteiger partial charge in [0.1, 0.15) is 0 Å². The van der Waals surface area contributed by atoms with Crippen LogP contribution in [-0.2, 0) is 4.79 Å². The van der Waals surface area contributed by atoms with Crippen LogP contribution in [0.4, 0.5) is 0 Å². The number of nitrogens with zero attached hydrogens (tertiary/aromatic N) is 1. The fourth-order valence-electron chi connectivity index (χ4n) is 3.11. The molecular formula is C20H29BrClN3O. The van der Waals surface area contributed by atoms with Gasteiger partial charge in [-0.05, 0) is 76.4 Å². The van der Waals surface area contributed by atoms with Gasteiger partial charge in [-0.1, -0.05) is 34.1 Å². The Hall–Kier alpha value is -1.04. The van der Waals surface area contributed by atoms with E-state index in [0.717, 1.165) is 48.2 Å². The van der Waals surface area contributed by atoms with Crippen LogP contribution in [0, 0.1) is 5.92 Å². The lowest BCUT2D eigenvalue weighted by Crippen LogP contribution is -2.48. The summed E-state index contributed by atoms with van der Waals surface area (Å²) in [6.45, 7) is 13.4. The molecule has 1 heterocycles. The number of halogens is 2. The molecule has 2 rings (SSSR count). The van der Waals surface area contributed by atoms with Gasteiger partial charge in [-0.3, -0.25) is 9.69 Å². The topological polar surface area (TPSA) is 44.4 Å². The van der Waals surface area contributed by atoms with Crippen LogP contribution >= 0.6 is 27.5 Å². The van der Waals surface area contributed by atoms with Crippen molar-refractivity contribution in [2.75, 3.05) is 26.2 Å². The van der Waals surface area contributed by atoms with Crippen molar-refractivity contribution in [3.05, 3.63) is 39.8 Å². The molecule has 0 aliphatic carbocycles.